The second-order valence-electron chi connectivity index (χ2n) is 12.9. The molecule has 0 spiro atoms. The fourth-order valence-electron chi connectivity index (χ4n) is 7.75. The van der Waals surface area contributed by atoms with Gasteiger partial charge in [-0.3, -0.25) is 8.97 Å². The van der Waals surface area contributed by atoms with Crippen LogP contribution in [-0.2, 0) is 0 Å². The molecule has 0 N–H and O–H groups in total. The van der Waals surface area contributed by atoms with E-state index in [-0.39, 0.29) is 0 Å². The smallest absolute Gasteiger partial charge is 0.220 e. The maximum Gasteiger partial charge on any atom is 0.220 e. The third-order valence-electron chi connectivity index (χ3n) is 10.0. The first kappa shape index (κ1) is 28.2. The number of hydrogen-bond acceptors (Lipinski definition) is 2. The number of nitrogens with zero attached hydrogens (tertiary/aromatic N) is 3. The molecule has 0 saturated carbocycles. The predicted molar refractivity (Wildman–Crippen MR) is 205 cm³/mol. The Labute approximate surface area is 289 Å². The summed E-state index contributed by atoms with van der Waals surface area (Å²) in [6, 6.07) is 55.1. The van der Waals surface area contributed by atoms with Crippen molar-refractivity contribution in [2.45, 2.75) is 23.6 Å². The highest BCUT2D eigenvalue weighted by molar-refractivity contribution is 7.99. The van der Waals surface area contributed by atoms with Gasteiger partial charge in [-0.25, -0.2) is 4.98 Å². The molecule has 0 amide bonds. The molecule has 0 fully saturated rings. The van der Waals surface area contributed by atoms with Gasteiger partial charge in [0.1, 0.15) is 0 Å². The van der Waals surface area contributed by atoms with E-state index in [2.05, 4.69) is 174 Å². The largest absolute Gasteiger partial charge is 0.277 e. The number of benzene rings is 7. The molecule has 0 unspecified atom stereocenters. The van der Waals surface area contributed by atoms with Gasteiger partial charge in [0.2, 0.25) is 5.78 Å². The Morgan fingerprint density at radius 2 is 0.959 bits per heavy atom. The van der Waals surface area contributed by atoms with Gasteiger partial charge in [0.15, 0.2) is 0 Å². The highest BCUT2D eigenvalue weighted by Gasteiger charge is 2.24. The maximum absolute atomic E-state index is 5.18. The molecule has 0 bridgehead atoms. The van der Waals surface area contributed by atoms with Crippen molar-refractivity contribution in [3.63, 3.8) is 0 Å². The quantitative estimate of drug-likeness (QED) is 0.191. The van der Waals surface area contributed by atoms with Gasteiger partial charge in [-0.15, -0.1) is 0 Å². The van der Waals surface area contributed by atoms with Gasteiger partial charge in [0.05, 0.1) is 27.8 Å². The molecule has 10 rings (SSSR count). The second kappa shape index (κ2) is 10.8. The average Bonchev–Trinajstić information content (AvgIpc) is 3.67. The lowest BCUT2D eigenvalue weighted by molar-refractivity contribution is 1.06. The third kappa shape index (κ3) is 4.21. The summed E-state index contributed by atoms with van der Waals surface area (Å²) in [6.45, 7) is 4.48. The SMILES string of the molecule is Cc1cc2c(cc1Sc1c(C)cccc1-n1c3ccccc3n3c4ccccc4nc13)-c1ccccc1-c1ccccc1-c1ccccc1-2. The zero-order chi connectivity index (χ0) is 32.6. The van der Waals surface area contributed by atoms with Crippen LogP contribution in [-0.4, -0.2) is 14.0 Å². The Balaban J connectivity index is 1.21. The summed E-state index contributed by atoms with van der Waals surface area (Å²) in [7, 11) is 0. The van der Waals surface area contributed by atoms with Crippen molar-refractivity contribution in [1.29, 1.82) is 0 Å². The highest BCUT2D eigenvalue weighted by atomic mass is 32.2. The van der Waals surface area contributed by atoms with Gasteiger partial charge in [0.25, 0.3) is 0 Å². The van der Waals surface area contributed by atoms with Crippen molar-refractivity contribution >= 4 is 39.6 Å². The minimum absolute atomic E-state index is 0.925. The van der Waals surface area contributed by atoms with Crippen LogP contribution in [0, 0.1) is 13.8 Å². The lowest BCUT2D eigenvalue weighted by Gasteiger charge is -2.24. The van der Waals surface area contributed by atoms with E-state index >= 15 is 0 Å². The molecule has 49 heavy (non-hydrogen) atoms. The fourth-order valence-corrected chi connectivity index (χ4v) is 8.86. The van der Waals surface area contributed by atoms with Gasteiger partial charge >= 0.3 is 0 Å². The standard InChI is InChI=1S/C45H31N3S/c1-28-14-13-25-42(48-41-24-12-11-23-40(41)47-39-22-10-9-21-38(39)46-45(47)48)44(28)49-43-27-37-35-20-8-6-18-33(35)31-16-4-3-15-30(31)32-17-5-7-19-34(32)36(37)26-29(43)2/h3-27H,1-2H3. The lowest BCUT2D eigenvalue weighted by Crippen LogP contribution is -2.00. The molecule has 0 aliphatic heterocycles. The van der Waals surface area contributed by atoms with E-state index < -0.39 is 0 Å². The van der Waals surface area contributed by atoms with Gasteiger partial charge in [-0.05, 0) is 112 Å². The van der Waals surface area contributed by atoms with Crippen LogP contribution < -0.4 is 0 Å². The normalized spacial score (nSPS) is 12.0. The lowest BCUT2D eigenvalue weighted by atomic mass is 9.80. The van der Waals surface area contributed by atoms with Crippen molar-refractivity contribution in [3.8, 4) is 50.2 Å². The van der Waals surface area contributed by atoms with E-state index in [1.807, 2.05) is 11.8 Å². The van der Waals surface area contributed by atoms with Gasteiger partial charge in [0, 0.05) is 9.79 Å². The van der Waals surface area contributed by atoms with Crippen molar-refractivity contribution in [3.05, 3.63) is 163 Å². The molecule has 0 radical (unpaired) electrons. The van der Waals surface area contributed by atoms with E-state index in [1.165, 1.54) is 65.4 Å². The Hall–Kier alpha value is -5.84. The number of aryl methyl sites for hydroxylation is 2. The molecule has 0 atom stereocenters. The second-order valence-corrected chi connectivity index (χ2v) is 13.9. The van der Waals surface area contributed by atoms with Crippen LogP contribution >= 0.6 is 11.8 Å². The Bertz CT molecular complexity index is 2780. The van der Waals surface area contributed by atoms with Crippen LogP contribution in [0.25, 0.3) is 78.0 Å². The Morgan fingerprint density at radius 1 is 0.449 bits per heavy atom. The van der Waals surface area contributed by atoms with Crippen molar-refractivity contribution in [2.75, 3.05) is 0 Å². The third-order valence-corrected chi connectivity index (χ3v) is 11.4. The minimum atomic E-state index is 0.925. The van der Waals surface area contributed by atoms with Crippen LogP contribution in [0.5, 0.6) is 0 Å². The number of para-hydroxylation sites is 4. The van der Waals surface area contributed by atoms with Crippen LogP contribution in [0.1, 0.15) is 11.1 Å². The summed E-state index contributed by atoms with van der Waals surface area (Å²) in [6.07, 6.45) is 0. The molecular weight excluding hydrogens is 615 g/mol. The van der Waals surface area contributed by atoms with Crippen LogP contribution in [0.3, 0.4) is 0 Å². The monoisotopic (exact) mass is 645 g/mol. The van der Waals surface area contributed by atoms with E-state index in [1.54, 1.807) is 0 Å². The molecular formula is C45H31N3S. The van der Waals surface area contributed by atoms with E-state index in [9.17, 15) is 0 Å². The molecule has 9 aromatic rings. The molecule has 1 aliphatic rings. The topological polar surface area (TPSA) is 22.2 Å². The van der Waals surface area contributed by atoms with E-state index in [4.69, 9.17) is 4.98 Å². The Morgan fingerprint density at radius 3 is 1.59 bits per heavy atom. The molecule has 0 saturated heterocycles. The van der Waals surface area contributed by atoms with Crippen molar-refractivity contribution < 1.29 is 0 Å². The van der Waals surface area contributed by atoms with E-state index in [0.717, 1.165) is 33.5 Å². The maximum atomic E-state index is 5.18. The molecule has 2 aromatic heterocycles. The number of rotatable bonds is 3. The number of aromatic nitrogens is 3. The summed E-state index contributed by atoms with van der Waals surface area (Å²) in [5, 5.41) is 0. The molecule has 4 heteroatoms. The molecule has 7 aromatic carbocycles. The highest BCUT2D eigenvalue weighted by Crippen LogP contribution is 2.50. The Kier molecular flexibility index (Phi) is 6.24. The van der Waals surface area contributed by atoms with Crippen molar-refractivity contribution in [2.24, 2.45) is 0 Å². The van der Waals surface area contributed by atoms with E-state index in [0.29, 0.717) is 0 Å². The van der Waals surface area contributed by atoms with Crippen LogP contribution in [0.15, 0.2) is 161 Å². The summed E-state index contributed by atoms with van der Waals surface area (Å²) >= 11 is 1.86. The van der Waals surface area contributed by atoms with Crippen LogP contribution in [0.2, 0.25) is 0 Å². The first-order valence-corrected chi connectivity index (χ1v) is 17.5. The first-order chi connectivity index (χ1) is 24.2. The predicted octanol–water partition coefficient (Wildman–Crippen LogP) is 12.2. The number of imidazole rings is 2. The first-order valence-electron chi connectivity index (χ1n) is 16.7. The molecule has 3 nitrogen and oxygen atoms in total. The zero-order valence-electron chi connectivity index (χ0n) is 27.2. The molecule has 1 aliphatic carbocycles. The summed E-state index contributed by atoms with van der Waals surface area (Å²) in [5.41, 5.74) is 18.2. The number of fused-ring (bicyclic) bond motifs is 13. The van der Waals surface area contributed by atoms with Gasteiger partial charge < -0.3 is 0 Å². The number of hydrogen-bond donors (Lipinski definition) is 0. The van der Waals surface area contributed by atoms with Crippen LogP contribution in [0.4, 0.5) is 0 Å². The fraction of sp³-hybridized carbons (Fsp3) is 0.0444. The average molecular weight is 646 g/mol. The molecule has 232 valence electrons. The summed E-state index contributed by atoms with van der Waals surface area (Å²) in [4.78, 5) is 7.66. The van der Waals surface area contributed by atoms with Gasteiger partial charge in [-0.2, -0.15) is 0 Å². The minimum Gasteiger partial charge on any atom is -0.277 e. The summed E-state index contributed by atoms with van der Waals surface area (Å²) in [5.74, 6) is 0.925. The van der Waals surface area contributed by atoms with Crippen molar-refractivity contribution in [1.82, 2.24) is 14.0 Å². The molecule has 2 heterocycles. The summed E-state index contributed by atoms with van der Waals surface area (Å²) < 4.78 is 4.64. The van der Waals surface area contributed by atoms with Gasteiger partial charge in [-0.1, -0.05) is 121 Å². The zero-order valence-corrected chi connectivity index (χ0v) is 28.0.